The molecule has 0 radical (unpaired) electrons. The van der Waals surface area contributed by atoms with Crippen molar-refractivity contribution in [2.75, 3.05) is 13.1 Å². The quantitative estimate of drug-likeness (QED) is 0.689. The van der Waals surface area contributed by atoms with E-state index >= 15 is 0 Å². The zero-order chi connectivity index (χ0) is 20.2. The second-order valence-corrected chi connectivity index (χ2v) is 9.40. The normalized spacial score (nSPS) is 19.2. The van der Waals surface area contributed by atoms with Gasteiger partial charge in [-0.15, -0.1) is 0 Å². The maximum absolute atomic E-state index is 13.1. The minimum absolute atomic E-state index is 0.0242. The van der Waals surface area contributed by atoms with Crippen LogP contribution in [0.5, 0.6) is 5.75 Å². The number of piperidine rings is 1. The molecule has 150 valence electrons. The van der Waals surface area contributed by atoms with Crippen LogP contribution in [0.25, 0.3) is 11.1 Å². The first-order valence-electron chi connectivity index (χ1n) is 9.31. The first-order chi connectivity index (χ1) is 13.9. The molecular formula is C20H18N2O6S. The predicted molar refractivity (Wildman–Crippen MR) is 104 cm³/mol. The van der Waals surface area contributed by atoms with Gasteiger partial charge in [0.15, 0.2) is 11.4 Å². The first kappa shape index (κ1) is 18.1. The van der Waals surface area contributed by atoms with Gasteiger partial charge in [0, 0.05) is 32.0 Å². The zero-order valence-electron chi connectivity index (χ0n) is 15.4. The van der Waals surface area contributed by atoms with Crippen molar-refractivity contribution in [2.24, 2.45) is 0 Å². The third kappa shape index (κ3) is 2.97. The number of hydrogen-bond acceptors (Lipinski definition) is 6. The zero-order valence-corrected chi connectivity index (χ0v) is 16.2. The van der Waals surface area contributed by atoms with E-state index in [-0.39, 0.29) is 35.8 Å². The highest BCUT2D eigenvalue weighted by atomic mass is 32.2. The lowest BCUT2D eigenvalue weighted by molar-refractivity contribution is 0.00591. The van der Waals surface area contributed by atoms with Gasteiger partial charge in [-0.05, 0) is 24.3 Å². The summed E-state index contributed by atoms with van der Waals surface area (Å²) in [4.78, 5) is 26.4. The average Bonchev–Trinajstić information content (AvgIpc) is 3.07. The number of H-pyrrole nitrogens is 1. The van der Waals surface area contributed by atoms with Gasteiger partial charge >= 0.3 is 5.76 Å². The lowest BCUT2D eigenvalue weighted by Gasteiger charge is -2.43. The number of hydrogen-bond donors (Lipinski definition) is 1. The van der Waals surface area contributed by atoms with Crippen LogP contribution in [0, 0.1) is 0 Å². The Morgan fingerprint density at radius 3 is 2.59 bits per heavy atom. The summed E-state index contributed by atoms with van der Waals surface area (Å²) in [5.41, 5.74) is 0.547. The van der Waals surface area contributed by atoms with E-state index in [2.05, 4.69) is 4.98 Å². The second kappa shape index (κ2) is 6.30. The van der Waals surface area contributed by atoms with E-state index < -0.39 is 21.4 Å². The number of ketones is 1. The predicted octanol–water partition coefficient (Wildman–Crippen LogP) is 2.31. The molecule has 5 rings (SSSR count). The monoisotopic (exact) mass is 414 g/mol. The van der Waals surface area contributed by atoms with Crippen LogP contribution < -0.4 is 10.5 Å². The third-order valence-corrected chi connectivity index (χ3v) is 7.56. The topological polar surface area (TPSA) is 110 Å². The minimum Gasteiger partial charge on any atom is -0.486 e. The molecule has 1 fully saturated rings. The van der Waals surface area contributed by atoms with Gasteiger partial charge in [-0.25, -0.2) is 13.2 Å². The Morgan fingerprint density at radius 1 is 1.03 bits per heavy atom. The molecule has 2 aliphatic heterocycles. The molecule has 3 aromatic rings. The molecule has 29 heavy (non-hydrogen) atoms. The Kier molecular flexibility index (Phi) is 3.94. The highest BCUT2D eigenvalue weighted by Gasteiger charge is 2.45. The van der Waals surface area contributed by atoms with Crippen LogP contribution in [0.3, 0.4) is 0 Å². The number of Topliss-reactive ketones (excluding diaryl/α,β-unsaturated/α-hetero) is 1. The molecule has 1 saturated heterocycles. The number of oxazole rings is 1. The number of benzene rings is 2. The second-order valence-electron chi connectivity index (χ2n) is 7.46. The van der Waals surface area contributed by atoms with Crippen molar-refractivity contribution in [3.63, 3.8) is 0 Å². The van der Waals surface area contributed by atoms with Gasteiger partial charge in [0.25, 0.3) is 0 Å². The van der Waals surface area contributed by atoms with Crippen LogP contribution >= 0.6 is 0 Å². The van der Waals surface area contributed by atoms with Crippen molar-refractivity contribution in [2.45, 2.75) is 29.8 Å². The lowest BCUT2D eigenvalue weighted by atomic mass is 9.83. The van der Waals surface area contributed by atoms with Crippen LogP contribution in [0.15, 0.2) is 56.6 Å². The van der Waals surface area contributed by atoms with Gasteiger partial charge < -0.3 is 9.15 Å². The number of nitrogens with zero attached hydrogens (tertiary/aromatic N) is 1. The van der Waals surface area contributed by atoms with E-state index in [1.165, 1.54) is 22.5 Å². The van der Waals surface area contributed by atoms with Crippen molar-refractivity contribution < 1.29 is 22.4 Å². The van der Waals surface area contributed by atoms with Gasteiger partial charge in [-0.2, -0.15) is 4.31 Å². The summed E-state index contributed by atoms with van der Waals surface area (Å²) in [7, 11) is -3.76. The Morgan fingerprint density at radius 2 is 1.79 bits per heavy atom. The first-order valence-corrected chi connectivity index (χ1v) is 10.7. The number of nitrogens with one attached hydrogen (secondary N) is 1. The summed E-state index contributed by atoms with van der Waals surface area (Å²) in [5, 5.41) is 0. The molecule has 1 spiro atoms. The fraction of sp³-hybridized carbons (Fsp3) is 0.300. The van der Waals surface area contributed by atoms with Crippen LogP contribution in [0.1, 0.15) is 29.6 Å². The van der Waals surface area contributed by atoms with E-state index in [4.69, 9.17) is 9.15 Å². The summed E-state index contributed by atoms with van der Waals surface area (Å²) in [6.07, 6.45) is 1.10. The van der Waals surface area contributed by atoms with Gasteiger partial charge in [0.05, 0.1) is 22.4 Å². The SMILES string of the molecule is O=C1CC2(CCN(S(=O)(=O)c3ccc4[nH]c(=O)oc4c3)CC2)Oc2ccccc21. The van der Waals surface area contributed by atoms with Gasteiger partial charge in [-0.1, -0.05) is 12.1 Å². The Bertz CT molecular complexity index is 1280. The molecule has 2 aromatic carbocycles. The lowest BCUT2D eigenvalue weighted by Crippen LogP contribution is -2.52. The van der Waals surface area contributed by atoms with E-state index in [9.17, 15) is 18.0 Å². The van der Waals surface area contributed by atoms with Crippen LogP contribution in [-0.4, -0.2) is 42.2 Å². The van der Waals surface area contributed by atoms with E-state index in [1.807, 2.05) is 6.07 Å². The number of aromatic amines is 1. The third-order valence-electron chi connectivity index (χ3n) is 5.66. The highest BCUT2D eigenvalue weighted by Crippen LogP contribution is 2.40. The Hall–Kier alpha value is -2.91. The Labute approximate surface area is 166 Å². The number of aromatic nitrogens is 1. The van der Waals surface area contributed by atoms with Crippen molar-refractivity contribution in [1.82, 2.24) is 9.29 Å². The number of rotatable bonds is 2. The summed E-state index contributed by atoms with van der Waals surface area (Å²) in [5.74, 6) is -0.0436. The highest BCUT2D eigenvalue weighted by molar-refractivity contribution is 7.89. The number of fused-ring (bicyclic) bond motifs is 2. The van der Waals surface area contributed by atoms with Gasteiger partial charge in [0.2, 0.25) is 10.0 Å². The van der Waals surface area contributed by atoms with Crippen molar-refractivity contribution >= 4 is 26.9 Å². The van der Waals surface area contributed by atoms with E-state index in [0.29, 0.717) is 29.7 Å². The van der Waals surface area contributed by atoms with E-state index in [1.54, 1.807) is 18.2 Å². The number of ether oxygens (including phenoxy) is 1. The van der Waals surface area contributed by atoms with Gasteiger partial charge in [0.1, 0.15) is 11.4 Å². The Balaban J connectivity index is 1.38. The molecule has 0 aliphatic carbocycles. The molecule has 1 N–H and O–H groups in total. The van der Waals surface area contributed by atoms with Crippen LogP contribution in [-0.2, 0) is 10.0 Å². The molecule has 8 nitrogen and oxygen atoms in total. The molecule has 0 unspecified atom stereocenters. The number of carbonyl (C=O) groups is 1. The molecule has 0 saturated carbocycles. The fourth-order valence-corrected chi connectivity index (χ4v) is 5.55. The molecule has 3 heterocycles. The molecule has 1 aromatic heterocycles. The maximum Gasteiger partial charge on any atom is 0.417 e. The van der Waals surface area contributed by atoms with Gasteiger partial charge in [-0.3, -0.25) is 9.78 Å². The maximum atomic E-state index is 13.1. The number of para-hydroxylation sites is 1. The number of carbonyl (C=O) groups excluding carboxylic acids is 1. The summed E-state index contributed by atoms with van der Waals surface area (Å²) >= 11 is 0. The molecule has 0 atom stereocenters. The largest absolute Gasteiger partial charge is 0.486 e. The number of sulfonamides is 1. The van der Waals surface area contributed by atoms with E-state index in [0.717, 1.165) is 0 Å². The standard InChI is InChI=1S/C20H18N2O6S/c23-16-12-20(28-17-4-2-1-3-14(16)17)7-9-22(10-8-20)29(25,26)13-5-6-15-18(11-13)27-19(24)21-15/h1-6,11H,7-10,12H2,(H,21,24). The van der Waals surface area contributed by atoms with Crippen molar-refractivity contribution in [1.29, 1.82) is 0 Å². The van der Waals surface area contributed by atoms with Crippen molar-refractivity contribution in [3.05, 3.63) is 58.6 Å². The summed E-state index contributed by atoms with van der Waals surface area (Å²) in [6.45, 7) is 0.486. The molecule has 9 heteroatoms. The smallest absolute Gasteiger partial charge is 0.417 e. The van der Waals surface area contributed by atoms with Crippen molar-refractivity contribution in [3.8, 4) is 5.75 Å². The fourth-order valence-electron chi connectivity index (χ4n) is 4.09. The molecule has 2 aliphatic rings. The van der Waals surface area contributed by atoms with Crippen LogP contribution in [0.4, 0.5) is 0 Å². The van der Waals surface area contributed by atoms with Crippen LogP contribution in [0.2, 0.25) is 0 Å². The minimum atomic E-state index is -3.76. The summed E-state index contributed by atoms with van der Waals surface area (Å²) < 4.78 is 38.6. The molecule has 0 bridgehead atoms. The molecular weight excluding hydrogens is 396 g/mol. The summed E-state index contributed by atoms with van der Waals surface area (Å²) in [6, 6.07) is 11.5. The average molecular weight is 414 g/mol. The molecule has 0 amide bonds.